The van der Waals surface area contributed by atoms with Crippen LogP contribution < -0.4 is 5.32 Å². The van der Waals surface area contributed by atoms with Gasteiger partial charge in [-0.1, -0.05) is 17.3 Å². The summed E-state index contributed by atoms with van der Waals surface area (Å²) in [6.07, 6.45) is -3.56. The van der Waals surface area contributed by atoms with E-state index in [4.69, 9.17) is 4.52 Å². The van der Waals surface area contributed by atoms with E-state index >= 15 is 0 Å². The molecule has 0 bridgehead atoms. The van der Waals surface area contributed by atoms with Gasteiger partial charge in [-0.05, 0) is 12.1 Å². The van der Waals surface area contributed by atoms with Crippen LogP contribution in [0.5, 0.6) is 0 Å². The highest BCUT2D eigenvalue weighted by molar-refractivity contribution is 5.64. The van der Waals surface area contributed by atoms with Crippen molar-refractivity contribution in [3.8, 4) is 11.3 Å². The Morgan fingerprint density at radius 3 is 2.58 bits per heavy atom. The largest absolute Gasteiger partial charge is 0.416 e. The lowest BCUT2D eigenvalue weighted by Gasteiger charge is -2.11. The van der Waals surface area contributed by atoms with E-state index in [1.54, 1.807) is 0 Å². The molecule has 1 aromatic heterocycles. The number of alkyl halides is 3. The first kappa shape index (κ1) is 12.2. The second-order valence-electron chi connectivity index (χ2n) is 4.43. The van der Waals surface area contributed by atoms with Gasteiger partial charge in [0.25, 0.3) is 0 Å². The van der Waals surface area contributed by atoms with Gasteiger partial charge in [0.1, 0.15) is 11.5 Å². The number of halogens is 3. The molecule has 0 fully saturated rings. The molecule has 1 N–H and O–H groups in total. The number of fused-ring (bicyclic) bond motifs is 1. The van der Waals surface area contributed by atoms with Crippen molar-refractivity contribution in [2.75, 3.05) is 6.54 Å². The number of nitrogens with one attached hydrogen (secondary N) is 1. The van der Waals surface area contributed by atoms with Gasteiger partial charge in [-0.2, -0.15) is 13.2 Å². The summed E-state index contributed by atoms with van der Waals surface area (Å²) in [6, 6.07) is 4.98. The molecule has 6 heteroatoms. The lowest BCUT2D eigenvalue weighted by Crippen LogP contribution is -2.22. The number of rotatable bonds is 1. The molecule has 0 radical (unpaired) electrons. The first-order valence-electron chi connectivity index (χ1n) is 5.91. The minimum atomic E-state index is -4.32. The van der Waals surface area contributed by atoms with E-state index in [0.717, 1.165) is 36.4 Å². The maximum Gasteiger partial charge on any atom is 0.416 e. The SMILES string of the molecule is FC(F)(F)c1ccc(-c2noc3c2CNCC3)cc1. The molecule has 0 saturated heterocycles. The monoisotopic (exact) mass is 268 g/mol. The van der Waals surface area contributed by atoms with Crippen molar-refractivity contribution >= 4 is 0 Å². The summed E-state index contributed by atoms with van der Waals surface area (Å²) in [5.74, 6) is 0.814. The van der Waals surface area contributed by atoms with Gasteiger partial charge in [-0.15, -0.1) is 0 Å². The maximum absolute atomic E-state index is 12.5. The normalized spacial score (nSPS) is 15.3. The predicted octanol–water partition coefficient (Wildman–Crippen LogP) is 3.01. The van der Waals surface area contributed by atoms with Crippen LogP contribution in [0.3, 0.4) is 0 Å². The van der Waals surface area contributed by atoms with E-state index in [9.17, 15) is 13.2 Å². The Kier molecular flexibility index (Phi) is 2.82. The quantitative estimate of drug-likeness (QED) is 0.864. The molecule has 2 aromatic rings. The van der Waals surface area contributed by atoms with Crippen LogP contribution in [-0.2, 0) is 19.1 Å². The van der Waals surface area contributed by atoms with Crippen molar-refractivity contribution in [1.82, 2.24) is 10.5 Å². The van der Waals surface area contributed by atoms with Crippen LogP contribution in [0.4, 0.5) is 13.2 Å². The topological polar surface area (TPSA) is 38.1 Å². The molecule has 3 nitrogen and oxygen atoms in total. The van der Waals surface area contributed by atoms with Crippen molar-refractivity contribution in [3.63, 3.8) is 0 Å². The third-order valence-electron chi connectivity index (χ3n) is 3.19. The zero-order valence-electron chi connectivity index (χ0n) is 9.92. The second kappa shape index (κ2) is 4.38. The molecule has 3 rings (SSSR count). The number of hydrogen-bond acceptors (Lipinski definition) is 3. The van der Waals surface area contributed by atoms with Crippen LogP contribution in [0.2, 0.25) is 0 Å². The van der Waals surface area contributed by atoms with Gasteiger partial charge in [0.15, 0.2) is 0 Å². The van der Waals surface area contributed by atoms with E-state index in [1.807, 2.05) is 0 Å². The van der Waals surface area contributed by atoms with Crippen LogP contribution in [-0.4, -0.2) is 11.7 Å². The average molecular weight is 268 g/mol. The van der Waals surface area contributed by atoms with Gasteiger partial charge in [0.05, 0.1) is 5.56 Å². The Bertz CT molecular complexity index is 587. The molecule has 100 valence electrons. The van der Waals surface area contributed by atoms with Gasteiger partial charge < -0.3 is 9.84 Å². The summed E-state index contributed by atoms with van der Waals surface area (Å²) in [7, 11) is 0. The fourth-order valence-electron chi connectivity index (χ4n) is 2.18. The minimum Gasteiger partial charge on any atom is -0.360 e. The minimum absolute atomic E-state index is 0.621. The number of benzene rings is 1. The van der Waals surface area contributed by atoms with Crippen LogP contribution in [0, 0.1) is 0 Å². The number of nitrogens with zero attached hydrogens (tertiary/aromatic N) is 1. The highest BCUT2D eigenvalue weighted by Gasteiger charge is 2.30. The number of aromatic nitrogens is 1. The van der Waals surface area contributed by atoms with Crippen LogP contribution in [0.25, 0.3) is 11.3 Å². The van der Waals surface area contributed by atoms with Gasteiger partial charge in [-0.25, -0.2) is 0 Å². The molecule has 1 aliphatic heterocycles. The van der Waals surface area contributed by atoms with Gasteiger partial charge in [0.2, 0.25) is 0 Å². The van der Waals surface area contributed by atoms with E-state index in [2.05, 4.69) is 10.5 Å². The first-order chi connectivity index (χ1) is 9.05. The molecule has 0 unspecified atom stereocenters. The van der Waals surface area contributed by atoms with E-state index in [-0.39, 0.29) is 0 Å². The highest BCUT2D eigenvalue weighted by atomic mass is 19.4. The molecule has 0 saturated carbocycles. The first-order valence-corrected chi connectivity index (χ1v) is 5.91. The van der Waals surface area contributed by atoms with Crippen molar-refractivity contribution < 1.29 is 17.7 Å². The summed E-state index contributed by atoms with van der Waals surface area (Å²) in [6.45, 7) is 1.46. The molecule has 19 heavy (non-hydrogen) atoms. The standard InChI is InChI=1S/C13H11F3N2O/c14-13(15,16)9-3-1-8(2-4-9)12-10-7-17-6-5-11(10)19-18-12/h1-4,17H,5-7H2. The van der Waals surface area contributed by atoms with Gasteiger partial charge in [0, 0.05) is 30.6 Å². The maximum atomic E-state index is 12.5. The van der Waals surface area contributed by atoms with Crippen LogP contribution in [0.15, 0.2) is 28.8 Å². The third kappa shape index (κ3) is 2.23. The molecular weight excluding hydrogens is 257 g/mol. The van der Waals surface area contributed by atoms with Crippen LogP contribution >= 0.6 is 0 Å². The summed E-state index contributed by atoms with van der Waals surface area (Å²) in [5.41, 5.74) is 1.54. The molecular formula is C13H11F3N2O. The average Bonchev–Trinajstić information content (AvgIpc) is 2.82. The highest BCUT2D eigenvalue weighted by Crippen LogP contribution is 2.32. The molecule has 0 spiro atoms. The van der Waals surface area contributed by atoms with Crippen molar-refractivity contribution in [2.45, 2.75) is 19.1 Å². The third-order valence-corrected chi connectivity index (χ3v) is 3.19. The summed E-state index contributed by atoms with van der Waals surface area (Å²) in [4.78, 5) is 0. The van der Waals surface area contributed by atoms with Crippen molar-refractivity contribution in [1.29, 1.82) is 0 Å². The van der Waals surface area contributed by atoms with E-state index < -0.39 is 11.7 Å². The zero-order valence-corrected chi connectivity index (χ0v) is 9.92. The summed E-state index contributed by atoms with van der Waals surface area (Å²) < 4.78 is 42.7. The molecule has 1 aromatic carbocycles. The Morgan fingerprint density at radius 1 is 1.16 bits per heavy atom. The smallest absolute Gasteiger partial charge is 0.360 e. The Morgan fingerprint density at radius 2 is 1.89 bits per heavy atom. The van der Waals surface area contributed by atoms with Crippen LogP contribution in [0.1, 0.15) is 16.9 Å². The molecule has 2 heterocycles. The summed E-state index contributed by atoms with van der Waals surface area (Å²) >= 11 is 0. The molecule has 0 amide bonds. The predicted molar refractivity (Wildman–Crippen MR) is 62.4 cm³/mol. The molecule has 0 atom stereocenters. The van der Waals surface area contributed by atoms with E-state index in [1.165, 1.54) is 12.1 Å². The lowest BCUT2D eigenvalue weighted by molar-refractivity contribution is -0.137. The zero-order chi connectivity index (χ0) is 13.5. The molecule has 1 aliphatic rings. The Labute approximate surface area is 107 Å². The van der Waals surface area contributed by atoms with Crippen molar-refractivity contribution in [3.05, 3.63) is 41.2 Å². The Hall–Kier alpha value is -1.82. The number of hydrogen-bond donors (Lipinski definition) is 1. The van der Waals surface area contributed by atoms with E-state index in [0.29, 0.717) is 17.8 Å². The lowest BCUT2D eigenvalue weighted by atomic mass is 10.0. The fraction of sp³-hybridized carbons (Fsp3) is 0.308. The van der Waals surface area contributed by atoms with Crippen molar-refractivity contribution in [2.24, 2.45) is 0 Å². The Balaban J connectivity index is 1.97. The second-order valence-corrected chi connectivity index (χ2v) is 4.43. The van der Waals surface area contributed by atoms with Gasteiger partial charge in [-0.3, -0.25) is 0 Å². The fourth-order valence-corrected chi connectivity index (χ4v) is 2.18. The van der Waals surface area contributed by atoms with Gasteiger partial charge >= 0.3 is 6.18 Å². The molecule has 0 aliphatic carbocycles. The summed E-state index contributed by atoms with van der Waals surface area (Å²) in [5, 5.41) is 7.16.